The summed E-state index contributed by atoms with van der Waals surface area (Å²) in [6.07, 6.45) is -0.874. The molecule has 0 fully saturated rings. The van der Waals surface area contributed by atoms with E-state index in [0.717, 1.165) is 5.56 Å². The van der Waals surface area contributed by atoms with E-state index in [0.29, 0.717) is 17.9 Å². The van der Waals surface area contributed by atoms with Crippen molar-refractivity contribution in [1.29, 1.82) is 0 Å². The molecule has 2 aromatic rings. The molecule has 2 aromatic carbocycles. The van der Waals surface area contributed by atoms with Crippen molar-refractivity contribution in [1.82, 2.24) is 0 Å². The van der Waals surface area contributed by atoms with E-state index in [1.807, 2.05) is 30.3 Å². The highest BCUT2D eigenvalue weighted by atomic mass is 16.5. The fourth-order valence-electron chi connectivity index (χ4n) is 2.24. The van der Waals surface area contributed by atoms with Crippen LogP contribution in [-0.2, 0) is 16.1 Å². The zero-order chi connectivity index (χ0) is 17.4. The van der Waals surface area contributed by atoms with Crippen molar-refractivity contribution in [3.63, 3.8) is 0 Å². The molecule has 0 amide bonds. The van der Waals surface area contributed by atoms with Gasteiger partial charge in [0.05, 0.1) is 0 Å². The molecule has 7 nitrogen and oxygen atoms in total. The van der Waals surface area contributed by atoms with Gasteiger partial charge in [0.25, 0.3) is 0 Å². The lowest BCUT2D eigenvalue weighted by Crippen LogP contribution is -2.27. The summed E-state index contributed by atoms with van der Waals surface area (Å²) in [6.45, 7) is 0.435. The van der Waals surface area contributed by atoms with Crippen molar-refractivity contribution in [2.75, 3.05) is 7.11 Å². The number of aliphatic carboxylic acids is 1. The van der Waals surface area contributed by atoms with Gasteiger partial charge in [-0.1, -0.05) is 47.6 Å². The molecule has 0 radical (unpaired) electrons. The molecule has 0 saturated carbocycles. The molecule has 0 saturated heterocycles. The van der Waals surface area contributed by atoms with Crippen LogP contribution in [0.1, 0.15) is 17.2 Å². The van der Waals surface area contributed by atoms with Crippen LogP contribution in [-0.4, -0.2) is 24.2 Å². The van der Waals surface area contributed by atoms with Gasteiger partial charge in [0.15, 0.2) is 6.04 Å². The number of hydrogen-bond acceptors (Lipinski definition) is 4. The Morgan fingerprint density at radius 1 is 1.21 bits per heavy atom. The lowest BCUT2D eigenvalue weighted by Gasteiger charge is -2.19. The molecule has 1 N–H and O–H groups in total. The quantitative estimate of drug-likeness (QED) is 0.453. The fraction of sp³-hybridized carbons (Fsp3) is 0.235. The molecule has 0 spiro atoms. The SMILES string of the molecule is CO[C@H](c1ccc(OCc2ccccc2)cc1)[C@H](N=[N+]=[N-])C(=O)O. The van der Waals surface area contributed by atoms with Crippen molar-refractivity contribution in [2.24, 2.45) is 5.11 Å². The first kappa shape index (κ1) is 17.3. The monoisotopic (exact) mass is 327 g/mol. The van der Waals surface area contributed by atoms with Crippen molar-refractivity contribution in [3.8, 4) is 5.75 Å². The first-order chi connectivity index (χ1) is 11.7. The molecule has 2 rings (SSSR count). The number of nitrogens with zero attached hydrogens (tertiary/aromatic N) is 3. The molecular formula is C17H17N3O4. The summed E-state index contributed by atoms with van der Waals surface area (Å²) in [6, 6.07) is 15.2. The Kier molecular flexibility index (Phi) is 6.19. The van der Waals surface area contributed by atoms with Crippen LogP contribution in [0.4, 0.5) is 0 Å². The zero-order valence-corrected chi connectivity index (χ0v) is 13.1. The normalized spacial score (nSPS) is 12.7. The Hall–Kier alpha value is -3.02. The first-order valence-corrected chi connectivity index (χ1v) is 7.22. The summed E-state index contributed by atoms with van der Waals surface area (Å²) in [4.78, 5) is 13.8. The van der Waals surface area contributed by atoms with E-state index in [9.17, 15) is 4.79 Å². The number of methoxy groups -OCH3 is 1. The summed E-state index contributed by atoms with van der Waals surface area (Å²) >= 11 is 0. The molecule has 7 heteroatoms. The van der Waals surface area contributed by atoms with Crippen LogP contribution in [0.3, 0.4) is 0 Å². The lowest BCUT2D eigenvalue weighted by atomic mass is 10.0. The number of azide groups is 1. The molecule has 0 heterocycles. The van der Waals surface area contributed by atoms with Gasteiger partial charge in [-0.25, -0.2) is 0 Å². The topological polar surface area (TPSA) is 105 Å². The van der Waals surface area contributed by atoms with Crippen LogP contribution in [0, 0.1) is 0 Å². The fourth-order valence-corrected chi connectivity index (χ4v) is 2.24. The second-order valence-corrected chi connectivity index (χ2v) is 4.99. The lowest BCUT2D eigenvalue weighted by molar-refractivity contribution is -0.142. The van der Waals surface area contributed by atoms with E-state index in [1.54, 1.807) is 24.3 Å². The minimum Gasteiger partial charge on any atom is -0.489 e. The van der Waals surface area contributed by atoms with Crippen LogP contribution >= 0.6 is 0 Å². The summed E-state index contributed by atoms with van der Waals surface area (Å²) in [5, 5.41) is 12.5. The van der Waals surface area contributed by atoms with Gasteiger partial charge in [0.1, 0.15) is 18.5 Å². The number of carboxylic acid groups (broad SMARTS) is 1. The summed E-state index contributed by atoms with van der Waals surface area (Å²) in [5.74, 6) is -0.600. The third kappa shape index (κ3) is 4.49. The number of ether oxygens (including phenoxy) is 2. The molecule has 0 aromatic heterocycles. The third-order valence-corrected chi connectivity index (χ3v) is 3.43. The van der Waals surface area contributed by atoms with E-state index in [1.165, 1.54) is 7.11 Å². The highest BCUT2D eigenvalue weighted by molar-refractivity contribution is 5.74. The molecule has 0 unspecified atom stereocenters. The van der Waals surface area contributed by atoms with Gasteiger partial charge in [-0.15, -0.1) is 0 Å². The van der Waals surface area contributed by atoms with Crippen LogP contribution < -0.4 is 4.74 Å². The van der Waals surface area contributed by atoms with Gasteiger partial charge < -0.3 is 14.6 Å². The van der Waals surface area contributed by atoms with Crippen LogP contribution in [0.2, 0.25) is 0 Å². The molecule has 0 aliphatic rings. The molecule has 0 aliphatic heterocycles. The number of carboxylic acids is 1. The predicted molar refractivity (Wildman–Crippen MR) is 87.5 cm³/mol. The highest BCUT2D eigenvalue weighted by Crippen LogP contribution is 2.26. The minimum absolute atomic E-state index is 0.435. The highest BCUT2D eigenvalue weighted by Gasteiger charge is 2.28. The van der Waals surface area contributed by atoms with Crippen molar-refractivity contribution < 1.29 is 19.4 Å². The molecule has 0 bridgehead atoms. The van der Waals surface area contributed by atoms with Crippen molar-refractivity contribution >= 4 is 5.97 Å². The van der Waals surface area contributed by atoms with Gasteiger partial charge in [0, 0.05) is 12.0 Å². The maximum absolute atomic E-state index is 11.2. The average molecular weight is 327 g/mol. The number of benzene rings is 2. The van der Waals surface area contributed by atoms with Crippen LogP contribution in [0.5, 0.6) is 5.75 Å². The van der Waals surface area contributed by atoms with Crippen LogP contribution in [0.25, 0.3) is 10.4 Å². The van der Waals surface area contributed by atoms with Gasteiger partial charge in [-0.3, -0.25) is 4.79 Å². The Bertz CT molecular complexity index is 710. The number of hydrogen-bond donors (Lipinski definition) is 1. The van der Waals surface area contributed by atoms with Gasteiger partial charge in [-0.05, 0) is 28.8 Å². The van der Waals surface area contributed by atoms with Gasteiger partial charge in [-0.2, -0.15) is 0 Å². The summed E-state index contributed by atoms with van der Waals surface area (Å²) in [7, 11) is 1.37. The summed E-state index contributed by atoms with van der Waals surface area (Å²) in [5.41, 5.74) is 10.2. The Balaban J connectivity index is 2.09. The Morgan fingerprint density at radius 3 is 2.42 bits per heavy atom. The largest absolute Gasteiger partial charge is 0.489 e. The predicted octanol–water partition coefficient (Wildman–Crippen LogP) is 3.72. The molecule has 124 valence electrons. The maximum Gasteiger partial charge on any atom is 0.315 e. The first-order valence-electron chi connectivity index (χ1n) is 7.22. The standard InChI is InChI=1S/C17H17N3O4/c1-23-16(15(17(21)22)19-20-18)13-7-9-14(10-8-13)24-11-12-5-3-2-4-6-12/h2-10,15-16H,11H2,1H3,(H,21,22)/t15-,16+/m0/s1. The average Bonchev–Trinajstić information content (AvgIpc) is 2.61. The Morgan fingerprint density at radius 2 is 1.88 bits per heavy atom. The van der Waals surface area contributed by atoms with Gasteiger partial charge in [0.2, 0.25) is 0 Å². The van der Waals surface area contributed by atoms with E-state index in [4.69, 9.17) is 20.1 Å². The van der Waals surface area contributed by atoms with Crippen molar-refractivity contribution in [2.45, 2.75) is 18.8 Å². The Labute approximate surface area is 139 Å². The summed E-state index contributed by atoms with van der Waals surface area (Å²) < 4.78 is 10.9. The van der Waals surface area contributed by atoms with Gasteiger partial charge >= 0.3 is 5.97 Å². The molecule has 24 heavy (non-hydrogen) atoms. The second kappa shape index (κ2) is 8.57. The zero-order valence-electron chi connectivity index (χ0n) is 13.1. The number of carbonyl (C=O) groups is 1. The third-order valence-electron chi connectivity index (χ3n) is 3.43. The van der Waals surface area contributed by atoms with E-state index in [2.05, 4.69) is 10.0 Å². The second-order valence-electron chi connectivity index (χ2n) is 4.99. The molecule has 0 aliphatic carbocycles. The molecule has 2 atom stereocenters. The van der Waals surface area contributed by atoms with E-state index < -0.39 is 18.1 Å². The van der Waals surface area contributed by atoms with Crippen LogP contribution in [0.15, 0.2) is 59.7 Å². The van der Waals surface area contributed by atoms with E-state index in [-0.39, 0.29) is 0 Å². The molecular weight excluding hydrogens is 310 g/mol. The van der Waals surface area contributed by atoms with Crippen molar-refractivity contribution in [3.05, 3.63) is 76.2 Å². The minimum atomic E-state index is -1.34. The smallest absolute Gasteiger partial charge is 0.315 e. The number of rotatable bonds is 8. The maximum atomic E-state index is 11.2. The van der Waals surface area contributed by atoms with E-state index >= 15 is 0 Å².